The van der Waals surface area contributed by atoms with Gasteiger partial charge in [0.15, 0.2) is 0 Å². The molecule has 0 fully saturated rings. The number of rotatable bonds is 1. The molecule has 4 aromatic rings. The third-order valence-electron chi connectivity index (χ3n) is 3.69. The first-order valence-electron chi connectivity index (χ1n) is 6.78. The Morgan fingerprint density at radius 3 is 2.14 bits per heavy atom. The minimum Gasteiger partial charge on any atom is -0.399 e. The molecule has 0 aliphatic carbocycles. The third kappa shape index (κ3) is 2.03. The van der Waals surface area contributed by atoms with E-state index in [9.17, 15) is 0 Å². The zero-order valence-electron chi connectivity index (χ0n) is 11.3. The van der Waals surface area contributed by atoms with Crippen LogP contribution < -0.4 is 11.5 Å². The molecule has 0 aliphatic rings. The molecule has 21 heavy (non-hydrogen) atoms. The van der Waals surface area contributed by atoms with Gasteiger partial charge >= 0.3 is 0 Å². The van der Waals surface area contributed by atoms with E-state index in [1.165, 1.54) is 20.2 Å². The standard InChI is InChI=1S/C18H14N2S/c19-13-7-12(8-14(20)10-13)11-5-6-18-16(9-11)15-3-1-2-4-17(15)21-18/h1-10H,19-20H2. The van der Waals surface area contributed by atoms with Gasteiger partial charge in [-0.05, 0) is 47.5 Å². The zero-order chi connectivity index (χ0) is 14.4. The maximum absolute atomic E-state index is 5.90. The summed E-state index contributed by atoms with van der Waals surface area (Å²) in [5.41, 5.74) is 15.4. The van der Waals surface area contributed by atoms with Crippen molar-refractivity contribution in [2.24, 2.45) is 0 Å². The van der Waals surface area contributed by atoms with Gasteiger partial charge in [0, 0.05) is 31.5 Å². The molecule has 0 amide bonds. The van der Waals surface area contributed by atoms with E-state index in [0.717, 1.165) is 11.1 Å². The summed E-state index contributed by atoms with van der Waals surface area (Å²) in [6.07, 6.45) is 0. The second-order valence-corrected chi connectivity index (χ2v) is 6.28. The molecule has 1 heterocycles. The van der Waals surface area contributed by atoms with E-state index in [2.05, 4.69) is 42.5 Å². The Balaban J connectivity index is 1.99. The fraction of sp³-hybridized carbons (Fsp3) is 0. The number of nitrogens with two attached hydrogens (primary N) is 2. The number of hydrogen-bond donors (Lipinski definition) is 2. The smallest absolute Gasteiger partial charge is 0.0355 e. The van der Waals surface area contributed by atoms with Crippen LogP contribution in [0.3, 0.4) is 0 Å². The predicted octanol–water partition coefficient (Wildman–Crippen LogP) is 4.89. The first-order chi connectivity index (χ1) is 10.2. The van der Waals surface area contributed by atoms with Crippen molar-refractivity contribution in [2.45, 2.75) is 0 Å². The van der Waals surface area contributed by atoms with Crippen LogP contribution in [0.1, 0.15) is 0 Å². The normalized spacial score (nSPS) is 11.2. The van der Waals surface area contributed by atoms with E-state index in [1.54, 1.807) is 6.07 Å². The predicted molar refractivity (Wildman–Crippen MR) is 93.6 cm³/mol. The third-order valence-corrected chi connectivity index (χ3v) is 4.84. The number of fused-ring (bicyclic) bond motifs is 3. The lowest BCUT2D eigenvalue weighted by molar-refractivity contribution is 1.63. The highest BCUT2D eigenvalue weighted by molar-refractivity contribution is 7.25. The van der Waals surface area contributed by atoms with Crippen LogP contribution in [0, 0.1) is 0 Å². The van der Waals surface area contributed by atoms with Crippen LogP contribution in [0.2, 0.25) is 0 Å². The van der Waals surface area contributed by atoms with Crippen molar-refractivity contribution >= 4 is 42.9 Å². The van der Waals surface area contributed by atoms with Crippen molar-refractivity contribution in [1.29, 1.82) is 0 Å². The summed E-state index contributed by atoms with van der Waals surface area (Å²) in [6.45, 7) is 0. The molecule has 4 N–H and O–H groups in total. The van der Waals surface area contributed by atoms with E-state index < -0.39 is 0 Å². The lowest BCUT2D eigenvalue weighted by atomic mass is 10.0. The van der Waals surface area contributed by atoms with Gasteiger partial charge in [-0.25, -0.2) is 0 Å². The summed E-state index contributed by atoms with van der Waals surface area (Å²) >= 11 is 1.82. The first kappa shape index (κ1) is 12.2. The Hall–Kier alpha value is -2.52. The highest BCUT2D eigenvalue weighted by atomic mass is 32.1. The average Bonchev–Trinajstić information content (AvgIpc) is 2.84. The highest BCUT2D eigenvalue weighted by Crippen LogP contribution is 2.36. The summed E-state index contributed by atoms with van der Waals surface area (Å²) < 4.78 is 2.62. The van der Waals surface area contributed by atoms with E-state index >= 15 is 0 Å². The molecule has 4 rings (SSSR count). The van der Waals surface area contributed by atoms with Gasteiger partial charge in [0.05, 0.1) is 0 Å². The molecule has 0 unspecified atom stereocenters. The fourth-order valence-electron chi connectivity index (χ4n) is 2.75. The summed E-state index contributed by atoms with van der Waals surface area (Å²) in [6, 6.07) is 20.7. The van der Waals surface area contributed by atoms with Gasteiger partial charge in [-0.2, -0.15) is 0 Å². The molecular formula is C18H14N2S. The van der Waals surface area contributed by atoms with Gasteiger partial charge in [0.25, 0.3) is 0 Å². The summed E-state index contributed by atoms with van der Waals surface area (Å²) in [4.78, 5) is 0. The molecule has 0 spiro atoms. The molecule has 0 radical (unpaired) electrons. The maximum atomic E-state index is 5.90. The Bertz CT molecular complexity index is 949. The minimum atomic E-state index is 0.695. The van der Waals surface area contributed by atoms with Gasteiger partial charge in [0.2, 0.25) is 0 Å². The van der Waals surface area contributed by atoms with Crippen molar-refractivity contribution in [2.75, 3.05) is 11.5 Å². The second-order valence-electron chi connectivity index (χ2n) is 5.20. The number of anilines is 2. The Labute approximate surface area is 126 Å². The monoisotopic (exact) mass is 290 g/mol. The second kappa shape index (κ2) is 4.50. The van der Waals surface area contributed by atoms with Crippen molar-refractivity contribution in [3.63, 3.8) is 0 Å². The van der Waals surface area contributed by atoms with Crippen LogP contribution in [-0.4, -0.2) is 0 Å². The first-order valence-corrected chi connectivity index (χ1v) is 7.60. The fourth-order valence-corrected chi connectivity index (χ4v) is 3.84. The van der Waals surface area contributed by atoms with E-state index in [0.29, 0.717) is 11.4 Å². The molecule has 2 nitrogen and oxygen atoms in total. The SMILES string of the molecule is Nc1cc(N)cc(-c2ccc3sc4ccccc4c3c2)c1. The minimum absolute atomic E-state index is 0.695. The van der Waals surface area contributed by atoms with Crippen molar-refractivity contribution in [3.05, 3.63) is 60.7 Å². The van der Waals surface area contributed by atoms with Gasteiger partial charge in [-0.3, -0.25) is 0 Å². The molecule has 3 heteroatoms. The summed E-state index contributed by atoms with van der Waals surface area (Å²) in [7, 11) is 0. The Morgan fingerprint density at radius 2 is 1.33 bits per heavy atom. The average molecular weight is 290 g/mol. The maximum Gasteiger partial charge on any atom is 0.0355 e. The summed E-state index contributed by atoms with van der Waals surface area (Å²) in [5, 5.41) is 2.59. The quantitative estimate of drug-likeness (QED) is 0.491. The van der Waals surface area contributed by atoms with Crippen LogP contribution in [0.5, 0.6) is 0 Å². The highest BCUT2D eigenvalue weighted by Gasteiger charge is 2.07. The Kier molecular flexibility index (Phi) is 2.62. The van der Waals surface area contributed by atoms with E-state index in [-0.39, 0.29) is 0 Å². The van der Waals surface area contributed by atoms with Crippen molar-refractivity contribution in [1.82, 2.24) is 0 Å². The zero-order valence-corrected chi connectivity index (χ0v) is 12.2. The Morgan fingerprint density at radius 1 is 0.619 bits per heavy atom. The van der Waals surface area contributed by atoms with Crippen molar-refractivity contribution < 1.29 is 0 Å². The topological polar surface area (TPSA) is 52.0 Å². The molecule has 0 saturated carbocycles. The van der Waals surface area contributed by atoms with Gasteiger partial charge < -0.3 is 11.5 Å². The van der Waals surface area contributed by atoms with Gasteiger partial charge in [-0.15, -0.1) is 11.3 Å². The molecule has 3 aromatic carbocycles. The number of benzene rings is 3. The van der Waals surface area contributed by atoms with Crippen molar-refractivity contribution in [3.8, 4) is 11.1 Å². The van der Waals surface area contributed by atoms with Crippen LogP contribution in [0.15, 0.2) is 60.7 Å². The number of thiophene rings is 1. The summed E-state index contributed by atoms with van der Waals surface area (Å²) in [5.74, 6) is 0. The number of hydrogen-bond acceptors (Lipinski definition) is 3. The molecule has 0 bridgehead atoms. The molecule has 0 aliphatic heterocycles. The van der Waals surface area contributed by atoms with Crippen LogP contribution in [-0.2, 0) is 0 Å². The van der Waals surface area contributed by atoms with E-state index in [1.807, 2.05) is 23.5 Å². The van der Waals surface area contributed by atoms with Crippen LogP contribution in [0.4, 0.5) is 11.4 Å². The van der Waals surface area contributed by atoms with E-state index in [4.69, 9.17) is 11.5 Å². The van der Waals surface area contributed by atoms with Gasteiger partial charge in [-0.1, -0.05) is 24.3 Å². The molecule has 1 aromatic heterocycles. The largest absolute Gasteiger partial charge is 0.399 e. The lowest BCUT2D eigenvalue weighted by Crippen LogP contribution is -1.91. The lowest BCUT2D eigenvalue weighted by Gasteiger charge is -2.05. The molecular weight excluding hydrogens is 276 g/mol. The molecule has 0 atom stereocenters. The molecule has 102 valence electrons. The molecule has 0 saturated heterocycles. The van der Waals surface area contributed by atoms with Crippen LogP contribution >= 0.6 is 11.3 Å². The number of nitrogen functional groups attached to an aromatic ring is 2. The van der Waals surface area contributed by atoms with Crippen LogP contribution in [0.25, 0.3) is 31.3 Å². The van der Waals surface area contributed by atoms with Gasteiger partial charge in [0.1, 0.15) is 0 Å².